The molecule has 168 valence electrons. The molecule has 2 heterocycles. The Bertz CT molecular complexity index is 908. The van der Waals surface area contributed by atoms with Crippen LogP contribution in [0.4, 0.5) is 11.4 Å². The van der Waals surface area contributed by atoms with Crippen molar-refractivity contribution in [1.29, 1.82) is 0 Å². The van der Waals surface area contributed by atoms with E-state index in [1.165, 1.54) is 6.07 Å². The van der Waals surface area contributed by atoms with Crippen LogP contribution in [0.3, 0.4) is 0 Å². The fourth-order valence-corrected chi connectivity index (χ4v) is 6.07. The molecule has 0 radical (unpaired) electrons. The summed E-state index contributed by atoms with van der Waals surface area (Å²) in [6.07, 6.45) is 5.01. The minimum Gasteiger partial charge on any atom is -0.452 e. The quantitative estimate of drug-likeness (QED) is 0.402. The number of amides is 1. The van der Waals surface area contributed by atoms with Crippen LogP contribution in [0.5, 0.6) is 0 Å². The second-order valence-corrected chi connectivity index (χ2v) is 10.5. The van der Waals surface area contributed by atoms with Gasteiger partial charge in [-0.1, -0.05) is 20.8 Å². The zero-order valence-corrected chi connectivity index (χ0v) is 18.6. The molecule has 2 saturated heterocycles. The van der Waals surface area contributed by atoms with E-state index in [0.717, 1.165) is 45.2 Å². The Labute approximate surface area is 182 Å². The summed E-state index contributed by atoms with van der Waals surface area (Å²) in [4.78, 5) is 40.3. The van der Waals surface area contributed by atoms with E-state index >= 15 is 0 Å². The van der Waals surface area contributed by atoms with Gasteiger partial charge in [-0.15, -0.1) is 0 Å². The van der Waals surface area contributed by atoms with Gasteiger partial charge in [0.25, 0.3) is 11.6 Å². The summed E-state index contributed by atoms with van der Waals surface area (Å²) in [5, 5.41) is 11.5. The van der Waals surface area contributed by atoms with Gasteiger partial charge in [-0.3, -0.25) is 14.9 Å². The maximum absolute atomic E-state index is 12.8. The predicted molar refractivity (Wildman–Crippen MR) is 116 cm³/mol. The largest absolute Gasteiger partial charge is 0.452 e. The lowest BCUT2D eigenvalue weighted by Gasteiger charge is -2.39. The molecule has 1 saturated carbocycles. The number of carbonyl (C=O) groups excluding carboxylic acids is 2. The number of fused-ring (bicyclic) bond motifs is 2. The number of rotatable bonds is 5. The number of benzene rings is 1. The lowest BCUT2D eigenvalue weighted by Crippen LogP contribution is -2.39. The Hall–Kier alpha value is -2.64. The van der Waals surface area contributed by atoms with Gasteiger partial charge in [0.1, 0.15) is 5.69 Å². The van der Waals surface area contributed by atoms with Gasteiger partial charge in [0.05, 0.1) is 10.5 Å². The molecule has 1 aliphatic carbocycles. The molecule has 2 aliphatic heterocycles. The van der Waals surface area contributed by atoms with E-state index in [2.05, 4.69) is 20.8 Å². The summed E-state index contributed by atoms with van der Waals surface area (Å²) in [5.41, 5.74) is 0.814. The van der Waals surface area contributed by atoms with E-state index in [1.807, 2.05) is 9.80 Å². The van der Waals surface area contributed by atoms with Gasteiger partial charge in [-0.25, -0.2) is 4.79 Å². The number of hydrogen-bond donors (Lipinski definition) is 0. The number of nitrogens with zero attached hydrogens (tertiary/aromatic N) is 3. The van der Waals surface area contributed by atoms with Crippen LogP contribution in [0, 0.1) is 20.9 Å². The highest BCUT2D eigenvalue weighted by molar-refractivity contribution is 5.93. The van der Waals surface area contributed by atoms with Crippen LogP contribution in [0.15, 0.2) is 18.2 Å². The van der Waals surface area contributed by atoms with Crippen molar-refractivity contribution in [2.24, 2.45) is 10.8 Å². The van der Waals surface area contributed by atoms with Gasteiger partial charge in [0.2, 0.25) is 0 Å². The van der Waals surface area contributed by atoms with Gasteiger partial charge in [0, 0.05) is 31.7 Å². The maximum atomic E-state index is 12.8. The molecule has 0 N–H and O–H groups in total. The molecular formula is C23H31N3O5. The van der Waals surface area contributed by atoms with Gasteiger partial charge in [-0.2, -0.15) is 0 Å². The third-order valence-electron chi connectivity index (χ3n) is 6.92. The molecule has 8 nitrogen and oxygen atoms in total. The Morgan fingerprint density at radius 2 is 1.90 bits per heavy atom. The maximum Gasteiger partial charge on any atom is 0.338 e. The summed E-state index contributed by atoms with van der Waals surface area (Å²) in [5.74, 6) is -0.902. The molecule has 1 amide bonds. The molecule has 0 spiro atoms. The van der Waals surface area contributed by atoms with Crippen molar-refractivity contribution in [3.05, 3.63) is 33.9 Å². The van der Waals surface area contributed by atoms with Crippen LogP contribution in [0.25, 0.3) is 0 Å². The lowest BCUT2D eigenvalue weighted by molar-refractivity contribution is -0.384. The van der Waals surface area contributed by atoms with Crippen molar-refractivity contribution in [2.45, 2.75) is 58.9 Å². The number of esters is 1. The monoisotopic (exact) mass is 429 g/mol. The highest BCUT2D eigenvalue weighted by atomic mass is 16.6. The number of carbonyl (C=O) groups is 2. The topological polar surface area (TPSA) is 93.0 Å². The first kappa shape index (κ1) is 21.6. The molecule has 3 aliphatic rings. The van der Waals surface area contributed by atoms with Crippen LogP contribution in [-0.4, -0.2) is 54.0 Å². The van der Waals surface area contributed by atoms with Crippen LogP contribution in [0.2, 0.25) is 0 Å². The third-order valence-corrected chi connectivity index (χ3v) is 6.92. The van der Waals surface area contributed by atoms with E-state index in [4.69, 9.17) is 4.74 Å². The molecule has 31 heavy (non-hydrogen) atoms. The molecule has 0 aromatic heterocycles. The normalized spacial score (nSPS) is 26.7. The molecule has 2 bridgehead atoms. The number of nitro groups is 1. The number of nitro benzene ring substituents is 1. The van der Waals surface area contributed by atoms with Crippen molar-refractivity contribution in [2.75, 3.05) is 31.1 Å². The summed E-state index contributed by atoms with van der Waals surface area (Å²) in [7, 11) is 0. The van der Waals surface area contributed by atoms with Gasteiger partial charge in [-0.05, 0) is 55.1 Å². The van der Waals surface area contributed by atoms with Crippen LogP contribution in [0.1, 0.15) is 63.2 Å². The Morgan fingerprint density at radius 1 is 1.19 bits per heavy atom. The molecule has 4 rings (SSSR count). The van der Waals surface area contributed by atoms with Crippen molar-refractivity contribution in [3.63, 3.8) is 0 Å². The fourth-order valence-electron chi connectivity index (χ4n) is 6.07. The summed E-state index contributed by atoms with van der Waals surface area (Å²) >= 11 is 0. The second kappa shape index (κ2) is 7.80. The smallest absolute Gasteiger partial charge is 0.338 e. The standard InChI is InChI=1S/C23H31N3O5/c1-22(2)11-17-12-23(3,14-22)15-25(17)20(27)13-31-21(28)16-6-7-18(19(10-16)26(29)30)24-8-4-5-9-24/h6-7,10,17H,4-5,8-9,11-15H2,1-3H3/t17-,23-/m1/s1. The SMILES string of the molecule is CC1(C)C[C@@H]2C[C@@](C)(CN2C(=O)COC(=O)c2ccc(N3CCCC3)c([N+](=O)[O-])c2)C1. The van der Waals surface area contributed by atoms with Gasteiger partial charge >= 0.3 is 5.97 Å². The van der Waals surface area contributed by atoms with Crippen molar-refractivity contribution in [1.82, 2.24) is 4.90 Å². The van der Waals surface area contributed by atoms with E-state index in [-0.39, 0.29) is 40.6 Å². The number of anilines is 1. The first-order chi connectivity index (χ1) is 14.6. The Morgan fingerprint density at radius 3 is 2.58 bits per heavy atom. The zero-order valence-electron chi connectivity index (χ0n) is 18.6. The fraction of sp³-hybridized carbons (Fsp3) is 0.652. The molecule has 8 heteroatoms. The van der Waals surface area contributed by atoms with Gasteiger partial charge < -0.3 is 14.5 Å². The van der Waals surface area contributed by atoms with Crippen LogP contribution >= 0.6 is 0 Å². The van der Waals surface area contributed by atoms with E-state index in [1.54, 1.807) is 12.1 Å². The number of hydrogen-bond acceptors (Lipinski definition) is 6. The molecule has 0 unspecified atom stereocenters. The van der Waals surface area contributed by atoms with E-state index in [0.29, 0.717) is 12.2 Å². The zero-order chi connectivity index (χ0) is 22.4. The highest BCUT2D eigenvalue weighted by Crippen LogP contribution is 2.52. The molecular weight excluding hydrogens is 398 g/mol. The predicted octanol–water partition coefficient (Wildman–Crippen LogP) is 3.78. The highest BCUT2D eigenvalue weighted by Gasteiger charge is 2.50. The van der Waals surface area contributed by atoms with Crippen LogP contribution in [-0.2, 0) is 9.53 Å². The minimum atomic E-state index is -0.710. The van der Waals surface area contributed by atoms with Crippen molar-refractivity contribution in [3.8, 4) is 0 Å². The van der Waals surface area contributed by atoms with Gasteiger partial charge in [0.15, 0.2) is 6.61 Å². The molecule has 3 fully saturated rings. The summed E-state index contributed by atoms with van der Waals surface area (Å²) < 4.78 is 5.27. The molecule has 2 atom stereocenters. The third kappa shape index (κ3) is 4.38. The van der Waals surface area contributed by atoms with Crippen molar-refractivity contribution < 1.29 is 19.2 Å². The average molecular weight is 430 g/mol. The molecule has 1 aromatic rings. The summed E-state index contributed by atoms with van der Waals surface area (Å²) in [6, 6.07) is 4.59. The second-order valence-electron chi connectivity index (χ2n) is 10.5. The van der Waals surface area contributed by atoms with Crippen molar-refractivity contribution >= 4 is 23.3 Å². The van der Waals surface area contributed by atoms with Crippen LogP contribution < -0.4 is 4.90 Å². The Kier molecular flexibility index (Phi) is 5.43. The number of ether oxygens (including phenoxy) is 1. The first-order valence-electron chi connectivity index (χ1n) is 11.1. The lowest BCUT2D eigenvalue weighted by atomic mass is 9.65. The molecule has 1 aromatic carbocycles. The first-order valence-corrected chi connectivity index (χ1v) is 11.1. The summed E-state index contributed by atoms with van der Waals surface area (Å²) in [6.45, 7) is 8.59. The number of likely N-dealkylation sites (tertiary alicyclic amines) is 1. The Balaban J connectivity index is 1.41. The average Bonchev–Trinajstić information content (AvgIpc) is 3.30. The van der Waals surface area contributed by atoms with E-state index < -0.39 is 10.9 Å². The minimum absolute atomic E-state index is 0.0932. The van der Waals surface area contributed by atoms with E-state index in [9.17, 15) is 19.7 Å².